The van der Waals surface area contributed by atoms with Gasteiger partial charge in [-0.1, -0.05) is 27.2 Å². The molecule has 0 aliphatic heterocycles. The average molecular weight is 225 g/mol. The van der Waals surface area contributed by atoms with Crippen molar-refractivity contribution in [3.8, 4) is 0 Å². The lowest BCUT2D eigenvalue weighted by Crippen LogP contribution is -2.16. The van der Waals surface area contributed by atoms with Crippen LogP contribution in [0.25, 0.3) is 0 Å². The lowest BCUT2D eigenvalue weighted by molar-refractivity contribution is 0.667. The molecule has 1 N–H and O–H groups in total. The van der Waals surface area contributed by atoms with Gasteiger partial charge in [0.25, 0.3) is 0 Å². The fourth-order valence-electron chi connectivity index (χ4n) is 2.14. The molecule has 1 aromatic heterocycles. The Balaban J connectivity index is 2.93. The maximum absolute atomic E-state index is 3.28. The van der Waals surface area contributed by atoms with Crippen molar-refractivity contribution >= 4 is 11.3 Å². The molecule has 1 nitrogen and oxygen atoms in total. The van der Waals surface area contributed by atoms with Crippen molar-refractivity contribution in [1.29, 1.82) is 0 Å². The number of nitrogens with one attached hydrogen (secondary N) is 1. The van der Waals surface area contributed by atoms with Gasteiger partial charge in [0.1, 0.15) is 0 Å². The first-order valence-electron chi connectivity index (χ1n) is 5.98. The second kappa shape index (κ2) is 6.29. The minimum atomic E-state index is 0.651. The number of hydrogen-bond donors (Lipinski definition) is 1. The van der Waals surface area contributed by atoms with Crippen LogP contribution in [-0.4, -0.2) is 13.6 Å². The van der Waals surface area contributed by atoms with E-state index in [1.807, 2.05) is 18.4 Å². The van der Waals surface area contributed by atoms with Gasteiger partial charge in [0, 0.05) is 11.4 Å². The molecular weight excluding hydrogens is 202 g/mol. The summed E-state index contributed by atoms with van der Waals surface area (Å²) in [4.78, 5) is 1.61. The van der Waals surface area contributed by atoms with E-state index in [4.69, 9.17) is 0 Å². The average Bonchev–Trinajstić information content (AvgIpc) is 2.62. The first kappa shape index (κ1) is 12.7. The molecular formula is C13H23NS. The monoisotopic (exact) mass is 225 g/mol. The molecule has 0 aliphatic rings. The molecule has 15 heavy (non-hydrogen) atoms. The summed E-state index contributed by atoms with van der Waals surface area (Å²) < 4.78 is 0. The van der Waals surface area contributed by atoms with Gasteiger partial charge in [-0.25, -0.2) is 0 Å². The predicted octanol–water partition coefficient (Wildman–Crippen LogP) is 3.59. The van der Waals surface area contributed by atoms with Crippen LogP contribution < -0.4 is 5.32 Å². The first-order valence-corrected chi connectivity index (χ1v) is 6.86. The highest BCUT2D eigenvalue weighted by atomic mass is 32.1. The minimum absolute atomic E-state index is 0.651. The van der Waals surface area contributed by atoms with E-state index in [0.717, 1.165) is 6.54 Å². The lowest BCUT2D eigenvalue weighted by Gasteiger charge is -2.14. The predicted molar refractivity (Wildman–Crippen MR) is 70.0 cm³/mol. The molecule has 1 heterocycles. The van der Waals surface area contributed by atoms with Crippen molar-refractivity contribution in [2.24, 2.45) is 0 Å². The first-order chi connectivity index (χ1) is 7.24. The molecule has 1 unspecified atom stereocenters. The van der Waals surface area contributed by atoms with E-state index < -0.39 is 0 Å². The van der Waals surface area contributed by atoms with Crippen LogP contribution in [0.1, 0.15) is 49.1 Å². The quantitative estimate of drug-likeness (QED) is 0.780. The zero-order valence-electron chi connectivity index (χ0n) is 10.4. The van der Waals surface area contributed by atoms with Crippen LogP contribution in [0, 0.1) is 0 Å². The highest BCUT2D eigenvalue weighted by Gasteiger charge is 2.15. The van der Waals surface area contributed by atoms with E-state index in [1.54, 1.807) is 16.0 Å². The molecule has 0 aliphatic carbocycles. The van der Waals surface area contributed by atoms with Gasteiger partial charge in [-0.15, -0.1) is 11.3 Å². The van der Waals surface area contributed by atoms with Crippen molar-refractivity contribution in [2.75, 3.05) is 13.6 Å². The summed E-state index contributed by atoms with van der Waals surface area (Å²) in [5, 5.41) is 5.63. The third-order valence-electron chi connectivity index (χ3n) is 2.85. The smallest absolute Gasteiger partial charge is 0.00831 e. The van der Waals surface area contributed by atoms with E-state index in [1.165, 1.54) is 19.3 Å². The van der Waals surface area contributed by atoms with Crippen LogP contribution in [0.4, 0.5) is 0 Å². The Hall–Kier alpha value is -0.340. The van der Waals surface area contributed by atoms with Crippen molar-refractivity contribution in [3.63, 3.8) is 0 Å². The molecule has 1 atom stereocenters. The topological polar surface area (TPSA) is 12.0 Å². The summed E-state index contributed by atoms with van der Waals surface area (Å²) in [6, 6.07) is 0. The highest BCUT2D eigenvalue weighted by Crippen LogP contribution is 2.30. The molecule has 0 fully saturated rings. The summed E-state index contributed by atoms with van der Waals surface area (Å²) in [6.07, 6.45) is 3.67. The van der Waals surface area contributed by atoms with E-state index in [2.05, 4.69) is 31.5 Å². The van der Waals surface area contributed by atoms with E-state index in [-0.39, 0.29) is 0 Å². The molecule has 0 amide bonds. The van der Waals surface area contributed by atoms with Gasteiger partial charge in [-0.3, -0.25) is 0 Å². The maximum Gasteiger partial charge on any atom is 0.00831 e. The van der Waals surface area contributed by atoms with Crippen molar-refractivity contribution in [3.05, 3.63) is 21.4 Å². The zero-order chi connectivity index (χ0) is 11.3. The Morgan fingerprint density at radius 3 is 2.67 bits per heavy atom. The summed E-state index contributed by atoms with van der Waals surface area (Å²) in [5.74, 6) is 0.651. The SMILES string of the molecule is CCCc1scc(CC)c1C(C)CNC. The molecule has 0 spiro atoms. The second-order valence-electron chi connectivity index (χ2n) is 4.16. The summed E-state index contributed by atoms with van der Waals surface area (Å²) in [5.41, 5.74) is 3.19. The molecule has 0 saturated carbocycles. The van der Waals surface area contributed by atoms with Gasteiger partial charge < -0.3 is 5.32 Å². The molecule has 0 radical (unpaired) electrons. The summed E-state index contributed by atoms with van der Waals surface area (Å²) in [7, 11) is 2.04. The minimum Gasteiger partial charge on any atom is -0.319 e. The molecule has 1 aromatic rings. The van der Waals surface area contributed by atoms with E-state index >= 15 is 0 Å². The fourth-order valence-corrected chi connectivity index (χ4v) is 3.50. The molecule has 2 heteroatoms. The third-order valence-corrected chi connectivity index (χ3v) is 3.96. The number of rotatable bonds is 6. The Kier molecular flexibility index (Phi) is 5.34. The van der Waals surface area contributed by atoms with Gasteiger partial charge in [0.05, 0.1) is 0 Å². The molecule has 0 saturated heterocycles. The van der Waals surface area contributed by atoms with E-state index in [9.17, 15) is 0 Å². The van der Waals surface area contributed by atoms with Gasteiger partial charge in [0.15, 0.2) is 0 Å². The largest absolute Gasteiger partial charge is 0.319 e. The lowest BCUT2D eigenvalue weighted by atomic mass is 9.95. The normalized spacial score (nSPS) is 13.1. The summed E-state index contributed by atoms with van der Waals surface area (Å²) >= 11 is 1.95. The van der Waals surface area contributed by atoms with Gasteiger partial charge in [-0.2, -0.15) is 0 Å². The molecule has 0 aromatic carbocycles. The Labute approximate surface area is 97.9 Å². The third kappa shape index (κ3) is 3.05. The Morgan fingerprint density at radius 1 is 1.40 bits per heavy atom. The standard InChI is InChI=1S/C13H23NS/c1-5-7-12-13(10(3)8-14-4)11(6-2)9-15-12/h9-10,14H,5-8H2,1-4H3. The zero-order valence-corrected chi connectivity index (χ0v) is 11.2. The Morgan fingerprint density at radius 2 is 2.13 bits per heavy atom. The van der Waals surface area contributed by atoms with Crippen LogP contribution in [0.3, 0.4) is 0 Å². The number of thiophene rings is 1. The van der Waals surface area contributed by atoms with Crippen LogP contribution >= 0.6 is 11.3 Å². The van der Waals surface area contributed by atoms with Crippen molar-refractivity contribution in [1.82, 2.24) is 5.32 Å². The Bertz CT molecular complexity index is 291. The van der Waals surface area contributed by atoms with Crippen LogP contribution in [-0.2, 0) is 12.8 Å². The number of hydrogen-bond acceptors (Lipinski definition) is 2. The van der Waals surface area contributed by atoms with Gasteiger partial charge in [-0.05, 0) is 42.3 Å². The van der Waals surface area contributed by atoms with Gasteiger partial charge in [0.2, 0.25) is 0 Å². The molecule has 86 valence electrons. The number of aryl methyl sites for hydroxylation is 2. The molecule has 1 rings (SSSR count). The molecule has 0 bridgehead atoms. The maximum atomic E-state index is 3.28. The van der Waals surface area contributed by atoms with Crippen LogP contribution in [0.15, 0.2) is 5.38 Å². The second-order valence-corrected chi connectivity index (χ2v) is 5.12. The van der Waals surface area contributed by atoms with Crippen LogP contribution in [0.5, 0.6) is 0 Å². The van der Waals surface area contributed by atoms with Gasteiger partial charge >= 0.3 is 0 Å². The highest BCUT2D eigenvalue weighted by molar-refractivity contribution is 7.10. The fraction of sp³-hybridized carbons (Fsp3) is 0.692. The van der Waals surface area contributed by atoms with Crippen molar-refractivity contribution in [2.45, 2.75) is 46.0 Å². The van der Waals surface area contributed by atoms with E-state index in [0.29, 0.717) is 5.92 Å². The van der Waals surface area contributed by atoms with Crippen molar-refractivity contribution < 1.29 is 0 Å². The summed E-state index contributed by atoms with van der Waals surface area (Å²) in [6.45, 7) is 7.93. The number of likely N-dealkylation sites (N-methyl/N-ethyl adjacent to an activating group) is 1. The van der Waals surface area contributed by atoms with Crippen LogP contribution in [0.2, 0.25) is 0 Å².